The van der Waals surface area contributed by atoms with Gasteiger partial charge in [-0.1, -0.05) is 42.1 Å². The minimum absolute atomic E-state index is 0.313. The van der Waals surface area contributed by atoms with Gasteiger partial charge in [-0.3, -0.25) is 13.9 Å². The van der Waals surface area contributed by atoms with Gasteiger partial charge in [-0.2, -0.15) is 5.10 Å². The molecule has 3 aromatic heterocycles. The van der Waals surface area contributed by atoms with Crippen LogP contribution in [0.4, 0.5) is 0 Å². The average Bonchev–Trinajstić information content (AvgIpc) is 3.07. The van der Waals surface area contributed by atoms with Gasteiger partial charge >= 0.3 is 5.69 Å². The lowest BCUT2D eigenvalue weighted by Crippen LogP contribution is -2.37. The second-order valence-corrected chi connectivity index (χ2v) is 7.94. The Morgan fingerprint density at radius 3 is 2.45 bits per heavy atom. The Morgan fingerprint density at radius 2 is 1.72 bits per heavy atom. The number of benzene rings is 1. The largest absolute Gasteiger partial charge is 0.330 e. The van der Waals surface area contributed by atoms with Crippen molar-refractivity contribution >= 4 is 17.3 Å². The van der Waals surface area contributed by atoms with Crippen molar-refractivity contribution in [2.24, 2.45) is 14.1 Å². The predicted octanol–water partition coefficient (Wildman–Crippen LogP) is 2.70. The van der Waals surface area contributed by atoms with Crippen LogP contribution in [0.25, 0.3) is 16.8 Å². The van der Waals surface area contributed by atoms with Crippen LogP contribution in [0.5, 0.6) is 0 Å². The van der Waals surface area contributed by atoms with E-state index in [4.69, 9.17) is 4.98 Å². The predicted molar refractivity (Wildman–Crippen MR) is 114 cm³/mol. The maximum absolute atomic E-state index is 12.2. The fourth-order valence-corrected chi connectivity index (χ4v) is 4.32. The number of nitrogens with zero attached hydrogens (tertiary/aromatic N) is 5. The van der Waals surface area contributed by atoms with E-state index in [1.807, 2.05) is 47.8 Å². The Balaban J connectivity index is 1.81. The highest BCUT2D eigenvalue weighted by Gasteiger charge is 2.17. The molecular weight excluding hydrogens is 386 g/mol. The molecule has 0 saturated heterocycles. The fourth-order valence-electron chi connectivity index (χ4n) is 3.35. The molecule has 4 rings (SSSR count). The zero-order valence-corrected chi connectivity index (χ0v) is 17.5. The smallest absolute Gasteiger partial charge is 0.300 e. The van der Waals surface area contributed by atoms with E-state index in [0.717, 1.165) is 37.8 Å². The number of aryl methyl sites for hydroxylation is 2. The van der Waals surface area contributed by atoms with Crippen LogP contribution in [0.1, 0.15) is 17.0 Å². The number of aromatic nitrogens is 5. The first-order valence-electron chi connectivity index (χ1n) is 9.18. The van der Waals surface area contributed by atoms with Crippen molar-refractivity contribution in [3.8, 4) is 11.3 Å². The first-order valence-corrected chi connectivity index (χ1v) is 10.2. The number of thioether (sulfide) groups is 1. The SMILES string of the molecule is Cc1cc(C)c2c(-c3ccccc3)nc(SCc3cc(=O)n(C)c(=O)n3C)n2n1. The highest BCUT2D eigenvalue weighted by atomic mass is 32.2. The van der Waals surface area contributed by atoms with Gasteiger partial charge in [0.2, 0.25) is 0 Å². The molecule has 8 heteroatoms. The van der Waals surface area contributed by atoms with E-state index in [9.17, 15) is 9.59 Å². The summed E-state index contributed by atoms with van der Waals surface area (Å²) < 4.78 is 4.45. The topological polar surface area (TPSA) is 74.2 Å². The van der Waals surface area contributed by atoms with Crippen molar-refractivity contribution in [3.05, 3.63) is 80.3 Å². The van der Waals surface area contributed by atoms with Crippen molar-refractivity contribution in [1.29, 1.82) is 0 Å². The normalized spacial score (nSPS) is 11.3. The molecule has 0 fully saturated rings. The summed E-state index contributed by atoms with van der Waals surface area (Å²) in [5.41, 5.74) is 4.84. The van der Waals surface area contributed by atoms with Crippen LogP contribution >= 0.6 is 11.8 Å². The van der Waals surface area contributed by atoms with Crippen molar-refractivity contribution in [1.82, 2.24) is 23.7 Å². The minimum Gasteiger partial charge on any atom is -0.300 e. The summed E-state index contributed by atoms with van der Waals surface area (Å²) in [4.78, 5) is 29.1. The number of hydrogen-bond acceptors (Lipinski definition) is 5. The second-order valence-electron chi connectivity index (χ2n) is 7.00. The van der Waals surface area contributed by atoms with Gasteiger partial charge in [-0.05, 0) is 25.5 Å². The number of fused-ring (bicyclic) bond motifs is 1. The summed E-state index contributed by atoms with van der Waals surface area (Å²) in [6.07, 6.45) is 0. The lowest BCUT2D eigenvalue weighted by atomic mass is 10.1. The summed E-state index contributed by atoms with van der Waals surface area (Å²) in [5.74, 6) is 0.434. The summed E-state index contributed by atoms with van der Waals surface area (Å²) in [5, 5.41) is 5.39. The Bertz CT molecular complexity index is 1340. The lowest BCUT2D eigenvalue weighted by Gasteiger charge is -2.08. The van der Waals surface area contributed by atoms with Crippen LogP contribution in [0.2, 0.25) is 0 Å². The quantitative estimate of drug-likeness (QED) is 0.486. The number of imidazole rings is 1. The molecule has 0 radical (unpaired) electrons. The molecule has 0 aliphatic carbocycles. The van der Waals surface area contributed by atoms with Crippen LogP contribution in [0, 0.1) is 13.8 Å². The van der Waals surface area contributed by atoms with Gasteiger partial charge in [0.1, 0.15) is 0 Å². The van der Waals surface area contributed by atoms with E-state index in [0.29, 0.717) is 11.4 Å². The van der Waals surface area contributed by atoms with E-state index in [2.05, 4.69) is 12.0 Å². The van der Waals surface area contributed by atoms with Crippen molar-refractivity contribution in [3.63, 3.8) is 0 Å². The molecule has 1 aromatic carbocycles. The van der Waals surface area contributed by atoms with Gasteiger partial charge in [-0.25, -0.2) is 14.3 Å². The van der Waals surface area contributed by atoms with E-state index >= 15 is 0 Å². The molecule has 148 valence electrons. The molecule has 0 atom stereocenters. The Labute approximate surface area is 171 Å². The van der Waals surface area contributed by atoms with Gasteiger partial charge in [-0.15, -0.1) is 0 Å². The van der Waals surface area contributed by atoms with Crippen molar-refractivity contribution in [2.45, 2.75) is 24.8 Å². The van der Waals surface area contributed by atoms with Crippen molar-refractivity contribution in [2.75, 3.05) is 0 Å². The van der Waals surface area contributed by atoms with E-state index in [1.165, 1.54) is 29.4 Å². The van der Waals surface area contributed by atoms with Gasteiger partial charge in [0.25, 0.3) is 5.56 Å². The molecule has 29 heavy (non-hydrogen) atoms. The minimum atomic E-state index is -0.337. The standard InChI is InChI=1S/C21H21N5O2S/c1-13-10-14(2)23-26-19(13)18(15-8-6-5-7-9-15)22-20(26)29-12-16-11-17(27)25(4)21(28)24(16)3/h5-11H,12H2,1-4H3. The third kappa shape index (κ3) is 3.40. The molecule has 0 unspecified atom stereocenters. The van der Waals surface area contributed by atoms with Gasteiger partial charge in [0.15, 0.2) is 5.16 Å². The third-order valence-electron chi connectivity index (χ3n) is 4.90. The molecule has 4 aromatic rings. The van der Waals surface area contributed by atoms with E-state index < -0.39 is 0 Å². The van der Waals surface area contributed by atoms with Crippen LogP contribution in [-0.4, -0.2) is 23.7 Å². The van der Waals surface area contributed by atoms with Gasteiger partial charge in [0, 0.05) is 37.2 Å². The molecule has 7 nitrogen and oxygen atoms in total. The third-order valence-corrected chi connectivity index (χ3v) is 5.87. The highest BCUT2D eigenvalue weighted by Crippen LogP contribution is 2.31. The maximum Gasteiger partial charge on any atom is 0.330 e. The Morgan fingerprint density at radius 1 is 1.00 bits per heavy atom. The first-order chi connectivity index (χ1) is 13.9. The maximum atomic E-state index is 12.2. The molecule has 0 bridgehead atoms. The molecule has 0 aliphatic heterocycles. The Kier molecular flexibility index (Phi) is 4.87. The first kappa shape index (κ1) is 19.2. The Hall–Kier alpha value is -3.13. The molecule has 0 aliphatic rings. The lowest BCUT2D eigenvalue weighted by molar-refractivity contribution is 0.664. The zero-order valence-electron chi connectivity index (χ0n) is 16.7. The second kappa shape index (κ2) is 7.36. The van der Waals surface area contributed by atoms with Crippen LogP contribution < -0.4 is 11.2 Å². The summed E-state index contributed by atoms with van der Waals surface area (Å²) in [7, 11) is 3.15. The molecule has 0 amide bonds. The molecular formula is C21H21N5O2S. The summed E-state index contributed by atoms with van der Waals surface area (Å²) in [6.45, 7) is 4.00. The van der Waals surface area contributed by atoms with E-state index in [-0.39, 0.29) is 11.2 Å². The summed E-state index contributed by atoms with van der Waals surface area (Å²) >= 11 is 1.45. The van der Waals surface area contributed by atoms with Crippen LogP contribution in [0.15, 0.2) is 57.2 Å². The van der Waals surface area contributed by atoms with Crippen LogP contribution in [-0.2, 0) is 19.8 Å². The molecule has 0 saturated carbocycles. The van der Waals surface area contributed by atoms with Gasteiger partial charge < -0.3 is 0 Å². The summed E-state index contributed by atoms with van der Waals surface area (Å²) in [6, 6.07) is 13.5. The van der Waals surface area contributed by atoms with E-state index in [1.54, 1.807) is 7.05 Å². The molecule has 0 spiro atoms. The molecule has 0 N–H and O–H groups in total. The average molecular weight is 407 g/mol. The zero-order chi connectivity index (χ0) is 20.7. The van der Waals surface area contributed by atoms with Gasteiger partial charge in [0.05, 0.1) is 16.9 Å². The molecule has 3 heterocycles. The van der Waals surface area contributed by atoms with Crippen molar-refractivity contribution < 1.29 is 0 Å². The number of rotatable bonds is 4. The highest BCUT2D eigenvalue weighted by molar-refractivity contribution is 7.98. The van der Waals surface area contributed by atoms with Crippen LogP contribution in [0.3, 0.4) is 0 Å². The fraction of sp³-hybridized carbons (Fsp3) is 0.238. The number of hydrogen-bond donors (Lipinski definition) is 0. The monoisotopic (exact) mass is 407 g/mol.